The Balaban J connectivity index is 1.47. The number of anilines is 2. The molecule has 6 rings (SSSR count). The topological polar surface area (TPSA) is 123 Å². The summed E-state index contributed by atoms with van der Waals surface area (Å²) < 4.78 is 27.8. The molecular formula is C30H38N6O5S. The first-order valence-electron chi connectivity index (χ1n) is 14.5. The number of fused-ring (bicyclic) bond motifs is 12. The quantitative estimate of drug-likeness (QED) is 0.542. The number of benzene rings is 2. The van der Waals surface area contributed by atoms with Gasteiger partial charge in [0.1, 0.15) is 5.92 Å². The molecule has 12 heteroatoms. The first-order chi connectivity index (χ1) is 20.2. The highest BCUT2D eigenvalue weighted by Crippen LogP contribution is 2.39. The second-order valence-electron chi connectivity index (χ2n) is 10.9. The molecule has 1 unspecified atom stereocenters. The number of carbonyl (C=O) groups excluding carboxylic acids is 3. The zero-order valence-electron chi connectivity index (χ0n) is 24.2. The van der Waals surface area contributed by atoms with Crippen LogP contribution in [0.25, 0.3) is 0 Å². The van der Waals surface area contributed by atoms with Gasteiger partial charge in [-0.05, 0) is 50.1 Å². The van der Waals surface area contributed by atoms with Gasteiger partial charge in [0.25, 0.3) is 0 Å². The minimum Gasteiger partial charge on any atom is -0.368 e. The summed E-state index contributed by atoms with van der Waals surface area (Å²) in [5.41, 5.74) is 2.86. The number of amides is 3. The van der Waals surface area contributed by atoms with Gasteiger partial charge < -0.3 is 20.0 Å². The van der Waals surface area contributed by atoms with Crippen molar-refractivity contribution in [2.75, 3.05) is 63.1 Å². The second kappa shape index (κ2) is 12.6. The van der Waals surface area contributed by atoms with E-state index in [1.807, 2.05) is 30.0 Å². The molecule has 1 atom stereocenters. The largest absolute Gasteiger partial charge is 0.368 e. The predicted octanol–water partition coefficient (Wildman–Crippen LogP) is 2.82. The van der Waals surface area contributed by atoms with E-state index < -0.39 is 15.9 Å². The molecule has 4 bridgehead atoms. The Hall–Kier alpha value is -3.77. The standard InChI is InChI=1S/C30H38N6O5S/c1-3-34-14-6-4-5-13-27(37)36-17-15-35(16-18-36)26-12-8-11-25-29(26)24(30(39)32-25)20-31-22-9-7-10-23(19-22)42(40,41)33(2)21-28(34)38/h7-12,19-20,24H,3-6,13-18,21H2,1-2H3,(H,32,39). The summed E-state index contributed by atoms with van der Waals surface area (Å²) in [6.07, 6.45) is 4.28. The number of piperazine rings is 1. The summed E-state index contributed by atoms with van der Waals surface area (Å²) in [4.78, 5) is 49.2. The summed E-state index contributed by atoms with van der Waals surface area (Å²) >= 11 is 0. The van der Waals surface area contributed by atoms with E-state index in [9.17, 15) is 22.8 Å². The molecule has 1 N–H and O–H groups in total. The Morgan fingerprint density at radius 3 is 2.40 bits per heavy atom. The fourth-order valence-electron chi connectivity index (χ4n) is 5.76. The number of likely N-dealkylation sites (N-methyl/N-ethyl adjacent to an activating group) is 2. The van der Waals surface area contributed by atoms with Gasteiger partial charge in [-0.3, -0.25) is 19.4 Å². The number of nitrogens with zero attached hydrogens (tertiary/aromatic N) is 5. The highest BCUT2D eigenvalue weighted by molar-refractivity contribution is 7.89. The summed E-state index contributed by atoms with van der Waals surface area (Å²) in [6, 6.07) is 12.0. The molecule has 4 aliphatic heterocycles. The van der Waals surface area contributed by atoms with Crippen molar-refractivity contribution in [2.24, 2.45) is 4.99 Å². The summed E-state index contributed by atoms with van der Waals surface area (Å²) in [5, 5.41) is 2.94. The first-order valence-corrected chi connectivity index (χ1v) is 16.0. The van der Waals surface area contributed by atoms with Crippen molar-refractivity contribution in [3.63, 3.8) is 0 Å². The van der Waals surface area contributed by atoms with Crippen molar-refractivity contribution in [3.05, 3.63) is 48.0 Å². The SMILES string of the molecule is CCN1CCCCCC(=O)N2CCN(CC2)c2cccc3c2C(C=Nc2cccc(c2)S(=O)(=O)N(C)CC1=O)C(=O)N3. The second-order valence-corrected chi connectivity index (χ2v) is 12.9. The minimum atomic E-state index is -3.96. The first kappa shape index (κ1) is 29.7. The lowest BCUT2D eigenvalue weighted by molar-refractivity contribution is -0.132. The highest BCUT2D eigenvalue weighted by Gasteiger charge is 2.34. The molecule has 1 saturated heterocycles. The van der Waals surface area contributed by atoms with Gasteiger partial charge in [-0.25, -0.2) is 8.42 Å². The fraction of sp³-hybridized carbons (Fsp3) is 0.467. The Morgan fingerprint density at radius 2 is 1.64 bits per heavy atom. The molecule has 1 fully saturated rings. The van der Waals surface area contributed by atoms with Crippen LogP contribution in [0.4, 0.5) is 17.1 Å². The van der Waals surface area contributed by atoms with Crippen LogP contribution in [-0.4, -0.2) is 99.3 Å². The zero-order valence-corrected chi connectivity index (χ0v) is 25.0. The van der Waals surface area contributed by atoms with Crippen LogP contribution < -0.4 is 10.2 Å². The van der Waals surface area contributed by atoms with E-state index in [-0.39, 0.29) is 29.2 Å². The van der Waals surface area contributed by atoms with Gasteiger partial charge in [0.15, 0.2) is 0 Å². The smallest absolute Gasteiger partial charge is 0.243 e. The van der Waals surface area contributed by atoms with Crippen molar-refractivity contribution in [2.45, 2.75) is 43.4 Å². The van der Waals surface area contributed by atoms with Gasteiger partial charge in [0, 0.05) is 75.9 Å². The molecule has 0 radical (unpaired) electrons. The van der Waals surface area contributed by atoms with Gasteiger partial charge in [0.05, 0.1) is 17.1 Å². The molecule has 2 aromatic rings. The summed E-state index contributed by atoms with van der Waals surface area (Å²) in [5.74, 6) is -1.00. The molecule has 11 nitrogen and oxygen atoms in total. The molecule has 224 valence electrons. The van der Waals surface area contributed by atoms with Crippen LogP contribution in [0, 0.1) is 0 Å². The molecule has 0 aliphatic carbocycles. The normalized spacial score (nSPS) is 22.3. The van der Waals surface area contributed by atoms with Crippen molar-refractivity contribution < 1.29 is 22.8 Å². The van der Waals surface area contributed by atoms with Gasteiger partial charge >= 0.3 is 0 Å². The molecule has 42 heavy (non-hydrogen) atoms. The van der Waals surface area contributed by atoms with E-state index in [1.54, 1.807) is 23.2 Å². The number of sulfonamides is 1. The number of hydrogen-bond donors (Lipinski definition) is 1. The Labute approximate surface area is 247 Å². The molecular weight excluding hydrogens is 556 g/mol. The zero-order chi connectivity index (χ0) is 29.9. The summed E-state index contributed by atoms with van der Waals surface area (Å²) in [7, 11) is -2.57. The van der Waals surface area contributed by atoms with Crippen molar-refractivity contribution in [1.82, 2.24) is 14.1 Å². The molecule has 2 aromatic carbocycles. The predicted molar refractivity (Wildman–Crippen MR) is 162 cm³/mol. The molecule has 0 spiro atoms. The van der Waals surface area contributed by atoms with E-state index in [1.165, 1.54) is 19.2 Å². The van der Waals surface area contributed by atoms with Crippen LogP contribution >= 0.6 is 0 Å². The third kappa shape index (κ3) is 6.19. The third-order valence-electron chi connectivity index (χ3n) is 8.22. The minimum absolute atomic E-state index is 0.0217. The van der Waals surface area contributed by atoms with Crippen molar-refractivity contribution in [3.8, 4) is 0 Å². The number of carbonyl (C=O) groups is 3. The average Bonchev–Trinajstić information content (AvgIpc) is 3.32. The van der Waals surface area contributed by atoms with Gasteiger partial charge in [0.2, 0.25) is 27.7 Å². The van der Waals surface area contributed by atoms with Gasteiger partial charge in [-0.1, -0.05) is 18.6 Å². The fourth-order valence-corrected chi connectivity index (χ4v) is 6.92. The molecule has 4 aliphatic rings. The van der Waals surface area contributed by atoms with Crippen molar-refractivity contribution >= 4 is 51.0 Å². The van der Waals surface area contributed by atoms with Crippen LogP contribution in [-0.2, 0) is 24.4 Å². The Morgan fingerprint density at radius 1 is 0.905 bits per heavy atom. The van der Waals surface area contributed by atoms with Gasteiger partial charge in [-0.15, -0.1) is 0 Å². The van der Waals surface area contributed by atoms with Crippen LogP contribution in [0.3, 0.4) is 0 Å². The lowest BCUT2D eigenvalue weighted by atomic mass is 9.98. The molecule has 0 aromatic heterocycles. The number of hydrogen-bond acceptors (Lipinski definition) is 7. The molecule has 4 heterocycles. The van der Waals surface area contributed by atoms with E-state index in [0.717, 1.165) is 40.5 Å². The number of rotatable bonds is 1. The lowest BCUT2D eigenvalue weighted by Gasteiger charge is -2.37. The van der Waals surface area contributed by atoms with Crippen LogP contribution in [0.2, 0.25) is 0 Å². The van der Waals surface area contributed by atoms with E-state index >= 15 is 0 Å². The number of nitrogens with one attached hydrogen (secondary N) is 1. The van der Waals surface area contributed by atoms with Crippen LogP contribution in [0.15, 0.2) is 52.4 Å². The lowest BCUT2D eigenvalue weighted by Crippen LogP contribution is -2.49. The molecule has 0 saturated carbocycles. The third-order valence-corrected chi connectivity index (χ3v) is 10.0. The molecule has 3 amide bonds. The average molecular weight is 595 g/mol. The van der Waals surface area contributed by atoms with E-state index in [0.29, 0.717) is 51.4 Å². The van der Waals surface area contributed by atoms with E-state index in [2.05, 4.69) is 15.2 Å². The van der Waals surface area contributed by atoms with Crippen molar-refractivity contribution in [1.29, 1.82) is 0 Å². The number of aliphatic imine (C=N–C) groups is 1. The van der Waals surface area contributed by atoms with Crippen LogP contribution in [0.1, 0.15) is 44.1 Å². The monoisotopic (exact) mass is 594 g/mol. The maximum absolute atomic E-state index is 13.4. The Kier molecular flexibility index (Phi) is 8.93. The van der Waals surface area contributed by atoms with E-state index in [4.69, 9.17) is 0 Å². The summed E-state index contributed by atoms with van der Waals surface area (Å²) in [6.45, 7) is 5.09. The highest BCUT2D eigenvalue weighted by atomic mass is 32.2. The maximum Gasteiger partial charge on any atom is 0.243 e. The van der Waals surface area contributed by atoms with Crippen LogP contribution in [0.5, 0.6) is 0 Å². The Bertz CT molecular complexity index is 1480. The van der Waals surface area contributed by atoms with Gasteiger partial charge in [-0.2, -0.15) is 4.31 Å². The maximum atomic E-state index is 13.4.